The fraction of sp³-hybridized carbons (Fsp3) is 0. The van der Waals surface area contributed by atoms with Crippen LogP contribution in [0.2, 0.25) is 0 Å². The number of anilines is 1. The number of para-hydroxylation sites is 1. The summed E-state index contributed by atoms with van der Waals surface area (Å²) in [5.41, 5.74) is 7.96. The van der Waals surface area contributed by atoms with Crippen molar-refractivity contribution in [3.63, 3.8) is 0 Å². The Bertz CT molecular complexity index is 629. The van der Waals surface area contributed by atoms with Crippen molar-refractivity contribution >= 4 is 5.69 Å². The molecule has 0 radical (unpaired) electrons. The maximum atomic E-state index is 5.84. The van der Waals surface area contributed by atoms with Crippen LogP contribution in [0.3, 0.4) is 0 Å². The Hall–Kier alpha value is -2.56. The molecule has 5 nitrogen and oxygen atoms in total. The average molecular weight is 227 g/mol. The summed E-state index contributed by atoms with van der Waals surface area (Å²) >= 11 is 0. The monoisotopic (exact) mass is 227 g/mol. The SMILES string of the molecule is Nc1ccccc1-c1noc(-c2ccoc2)n1. The van der Waals surface area contributed by atoms with E-state index < -0.39 is 0 Å². The maximum Gasteiger partial charge on any atom is 0.261 e. The summed E-state index contributed by atoms with van der Waals surface area (Å²) in [5.74, 6) is 0.885. The van der Waals surface area contributed by atoms with E-state index in [9.17, 15) is 0 Å². The Morgan fingerprint density at radius 1 is 1.12 bits per heavy atom. The molecule has 3 rings (SSSR count). The smallest absolute Gasteiger partial charge is 0.261 e. The number of aromatic nitrogens is 2. The minimum Gasteiger partial charge on any atom is -0.472 e. The molecule has 0 aliphatic carbocycles. The molecule has 0 aliphatic rings. The first-order chi connectivity index (χ1) is 8.34. The number of hydrogen-bond acceptors (Lipinski definition) is 5. The molecule has 0 aliphatic heterocycles. The van der Waals surface area contributed by atoms with Gasteiger partial charge >= 0.3 is 0 Å². The van der Waals surface area contributed by atoms with Crippen LogP contribution in [0.15, 0.2) is 51.8 Å². The molecule has 2 N–H and O–H groups in total. The number of furan rings is 1. The summed E-state index contributed by atoms with van der Waals surface area (Å²) < 4.78 is 10.1. The first-order valence-corrected chi connectivity index (χ1v) is 5.06. The normalized spacial score (nSPS) is 10.6. The molecule has 0 fully saturated rings. The average Bonchev–Trinajstić information content (AvgIpc) is 3.00. The standard InChI is InChI=1S/C12H9N3O2/c13-10-4-2-1-3-9(10)11-14-12(17-15-11)8-5-6-16-7-8/h1-7H,13H2. The predicted octanol–water partition coefficient (Wildman–Crippen LogP) is 2.58. The van der Waals surface area contributed by atoms with E-state index in [4.69, 9.17) is 14.7 Å². The van der Waals surface area contributed by atoms with Gasteiger partial charge in [0.05, 0.1) is 11.8 Å². The lowest BCUT2D eigenvalue weighted by molar-refractivity contribution is 0.431. The second-order valence-corrected chi connectivity index (χ2v) is 3.52. The molecule has 0 bridgehead atoms. The van der Waals surface area contributed by atoms with Crippen molar-refractivity contribution < 1.29 is 8.94 Å². The minimum absolute atomic E-state index is 0.414. The number of hydrogen-bond donors (Lipinski definition) is 1. The second kappa shape index (κ2) is 3.79. The number of nitrogens with zero attached hydrogens (tertiary/aromatic N) is 2. The molecule has 84 valence electrons. The third kappa shape index (κ3) is 1.67. The van der Waals surface area contributed by atoms with Crippen molar-refractivity contribution in [2.75, 3.05) is 5.73 Å². The summed E-state index contributed by atoms with van der Waals surface area (Å²) in [6.45, 7) is 0. The van der Waals surface area contributed by atoms with E-state index in [1.807, 2.05) is 18.2 Å². The zero-order valence-electron chi connectivity index (χ0n) is 8.83. The molecule has 1 aromatic carbocycles. The van der Waals surface area contributed by atoms with Crippen molar-refractivity contribution in [1.29, 1.82) is 0 Å². The Balaban J connectivity index is 2.04. The highest BCUT2D eigenvalue weighted by atomic mass is 16.5. The zero-order valence-corrected chi connectivity index (χ0v) is 8.83. The van der Waals surface area contributed by atoms with Gasteiger partial charge in [-0.25, -0.2) is 0 Å². The van der Waals surface area contributed by atoms with E-state index >= 15 is 0 Å². The lowest BCUT2D eigenvalue weighted by Gasteiger charge is -1.97. The Labute approximate surface area is 96.9 Å². The molecule has 2 aromatic heterocycles. The van der Waals surface area contributed by atoms with Crippen molar-refractivity contribution in [3.05, 3.63) is 42.9 Å². The molecule has 0 saturated heterocycles. The molecule has 0 spiro atoms. The summed E-state index contributed by atoms with van der Waals surface area (Å²) in [4.78, 5) is 4.27. The van der Waals surface area contributed by atoms with Gasteiger partial charge in [0.2, 0.25) is 5.82 Å². The fourth-order valence-electron chi connectivity index (χ4n) is 1.54. The van der Waals surface area contributed by atoms with Gasteiger partial charge < -0.3 is 14.7 Å². The summed E-state index contributed by atoms with van der Waals surface area (Å²) in [6, 6.07) is 9.13. The molecule has 0 amide bonds. The van der Waals surface area contributed by atoms with Gasteiger partial charge in [0, 0.05) is 11.3 Å². The molecule has 2 heterocycles. The summed E-state index contributed by atoms with van der Waals surface area (Å²) in [6.07, 6.45) is 3.10. The van der Waals surface area contributed by atoms with Crippen LogP contribution in [0.5, 0.6) is 0 Å². The van der Waals surface area contributed by atoms with Gasteiger partial charge in [-0.05, 0) is 18.2 Å². The summed E-state index contributed by atoms with van der Waals surface area (Å²) in [5, 5.41) is 3.90. The van der Waals surface area contributed by atoms with E-state index in [0.717, 1.165) is 11.1 Å². The van der Waals surface area contributed by atoms with Gasteiger partial charge in [0.25, 0.3) is 5.89 Å². The highest BCUT2D eigenvalue weighted by Crippen LogP contribution is 2.25. The highest BCUT2D eigenvalue weighted by Gasteiger charge is 2.12. The Morgan fingerprint density at radius 3 is 2.76 bits per heavy atom. The Morgan fingerprint density at radius 2 is 2.00 bits per heavy atom. The summed E-state index contributed by atoms with van der Waals surface area (Å²) in [7, 11) is 0. The lowest BCUT2D eigenvalue weighted by Crippen LogP contribution is -1.90. The maximum absolute atomic E-state index is 5.84. The highest BCUT2D eigenvalue weighted by molar-refractivity contribution is 5.71. The van der Waals surface area contributed by atoms with E-state index in [1.54, 1.807) is 24.7 Å². The number of nitrogen functional groups attached to an aromatic ring is 1. The van der Waals surface area contributed by atoms with Crippen LogP contribution >= 0.6 is 0 Å². The van der Waals surface area contributed by atoms with Crippen LogP contribution in [-0.2, 0) is 0 Å². The molecule has 3 aromatic rings. The van der Waals surface area contributed by atoms with Crippen LogP contribution < -0.4 is 5.73 Å². The van der Waals surface area contributed by atoms with Gasteiger partial charge in [-0.15, -0.1) is 0 Å². The number of nitrogens with two attached hydrogens (primary N) is 1. The van der Waals surface area contributed by atoms with Crippen LogP contribution in [0.1, 0.15) is 0 Å². The third-order valence-electron chi connectivity index (χ3n) is 2.40. The largest absolute Gasteiger partial charge is 0.472 e. The third-order valence-corrected chi connectivity index (χ3v) is 2.40. The topological polar surface area (TPSA) is 78.1 Å². The molecule has 17 heavy (non-hydrogen) atoms. The fourth-order valence-corrected chi connectivity index (χ4v) is 1.54. The van der Waals surface area contributed by atoms with Crippen molar-refractivity contribution in [3.8, 4) is 22.8 Å². The van der Waals surface area contributed by atoms with E-state index in [2.05, 4.69) is 10.1 Å². The van der Waals surface area contributed by atoms with Crippen molar-refractivity contribution in [2.24, 2.45) is 0 Å². The van der Waals surface area contributed by atoms with Crippen molar-refractivity contribution in [2.45, 2.75) is 0 Å². The van der Waals surface area contributed by atoms with Gasteiger partial charge in [0.15, 0.2) is 0 Å². The van der Waals surface area contributed by atoms with Crippen LogP contribution in [0, 0.1) is 0 Å². The van der Waals surface area contributed by atoms with Crippen LogP contribution in [0.25, 0.3) is 22.8 Å². The molecule has 0 saturated carbocycles. The van der Waals surface area contributed by atoms with Crippen molar-refractivity contribution in [1.82, 2.24) is 10.1 Å². The quantitative estimate of drug-likeness (QED) is 0.681. The van der Waals surface area contributed by atoms with E-state index in [1.165, 1.54) is 0 Å². The molecular weight excluding hydrogens is 218 g/mol. The number of rotatable bonds is 2. The lowest BCUT2D eigenvalue weighted by atomic mass is 10.2. The Kier molecular flexibility index (Phi) is 2.15. The predicted molar refractivity (Wildman–Crippen MR) is 61.8 cm³/mol. The van der Waals surface area contributed by atoms with E-state index in [-0.39, 0.29) is 0 Å². The zero-order chi connectivity index (χ0) is 11.7. The number of benzene rings is 1. The van der Waals surface area contributed by atoms with Gasteiger partial charge in [-0.2, -0.15) is 4.98 Å². The van der Waals surface area contributed by atoms with Crippen LogP contribution in [-0.4, -0.2) is 10.1 Å². The second-order valence-electron chi connectivity index (χ2n) is 3.52. The van der Waals surface area contributed by atoms with Gasteiger partial charge in [-0.1, -0.05) is 17.3 Å². The van der Waals surface area contributed by atoms with Gasteiger partial charge in [-0.3, -0.25) is 0 Å². The first kappa shape index (κ1) is 9.65. The first-order valence-electron chi connectivity index (χ1n) is 5.06. The molecule has 0 unspecified atom stereocenters. The van der Waals surface area contributed by atoms with E-state index in [0.29, 0.717) is 17.4 Å². The molecule has 5 heteroatoms. The minimum atomic E-state index is 0.414. The van der Waals surface area contributed by atoms with Gasteiger partial charge in [0.1, 0.15) is 6.26 Å². The van der Waals surface area contributed by atoms with Crippen LogP contribution in [0.4, 0.5) is 5.69 Å². The molecular formula is C12H9N3O2. The molecule has 0 atom stereocenters.